The molecule has 2 rings (SSSR count). The lowest BCUT2D eigenvalue weighted by Gasteiger charge is -2.18. The largest absolute Gasteiger partial charge is 0.226 e. The van der Waals surface area contributed by atoms with Gasteiger partial charge >= 0.3 is 0 Å². The summed E-state index contributed by atoms with van der Waals surface area (Å²) in [5, 5.41) is 3.34. The molecule has 1 N–H and O–H groups in total. The van der Waals surface area contributed by atoms with Gasteiger partial charge in [0.25, 0.3) is 0 Å². The van der Waals surface area contributed by atoms with Gasteiger partial charge in [0.1, 0.15) is 5.71 Å². The van der Waals surface area contributed by atoms with Gasteiger partial charge in [0.2, 0.25) is 5.95 Å². The fourth-order valence-corrected chi connectivity index (χ4v) is 1.53. The third-order valence-electron chi connectivity index (χ3n) is 2.14. The first-order valence-corrected chi connectivity index (χ1v) is 5.00. The first-order valence-electron chi connectivity index (χ1n) is 4.55. The second-order valence-corrected chi connectivity index (χ2v) is 3.80. The highest BCUT2D eigenvalue weighted by atomic mass is 32.1. The fourth-order valence-electron chi connectivity index (χ4n) is 1.30. The van der Waals surface area contributed by atoms with E-state index in [0.29, 0.717) is 5.56 Å². The van der Waals surface area contributed by atoms with Crippen molar-refractivity contribution in [1.29, 1.82) is 0 Å². The molecule has 0 spiro atoms. The summed E-state index contributed by atoms with van der Waals surface area (Å²) in [7, 11) is 0. The number of hydrogen-bond donors (Lipinski definition) is 2. The minimum Gasteiger partial charge on any atom is -0.226 e. The minimum absolute atomic E-state index is 0.0160. The smallest absolute Gasteiger partial charge is 0.224 e. The van der Waals surface area contributed by atoms with Crippen molar-refractivity contribution in [2.45, 2.75) is 6.92 Å². The van der Waals surface area contributed by atoms with E-state index in [1.165, 1.54) is 0 Å². The molecular formula is C10H9F2N3S. The summed E-state index contributed by atoms with van der Waals surface area (Å²) in [6.07, 6.45) is 0. The average Bonchev–Trinajstić information content (AvgIpc) is 2.25. The Bertz CT molecular complexity index is 467. The first kappa shape index (κ1) is 10.9. The quantitative estimate of drug-likeness (QED) is 0.449. The van der Waals surface area contributed by atoms with Crippen LogP contribution >= 0.6 is 12.6 Å². The zero-order valence-corrected chi connectivity index (χ0v) is 9.30. The summed E-state index contributed by atoms with van der Waals surface area (Å²) < 4.78 is 26.0. The van der Waals surface area contributed by atoms with Crippen LogP contribution < -0.4 is 5.43 Å². The predicted molar refractivity (Wildman–Crippen MR) is 60.9 cm³/mol. The number of nitrogens with one attached hydrogen (secondary N) is 1. The summed E-state index contributed by atoms with van der Waals surface area (Å²) in [4.78, 5) is -0.0160. The van der Waals surface area contributed by atoms with Crippen LogP contribution in [0.2, 0.25) is 0 Å². The number of halogens is 2. The van der Waals surface area contributed by atoms with E-state index in [4.69, 9.17) is 0 Å². The van der Waals surface area contributed by atoms with Gasteiger partial charge in [-0.3, -0.25) is 0 Å². The van der Waals surface area contributed by atoms with E-state index in [0.717, 1.165) is 5.56 Å². The zero-order valence-electron chi connectivity index (χ0n) is 8.41. The zero-order chi connectivity index (χ0) is 11.7. The molecule has 1 aliphatic heterocycles. The number of benzene rings is 1. The van der Waals surface area contributed by atoms with Crippen LogP contribution in [-0.4, -0.2) is 11.1 Å². The lowest BCUT2D eigenvalue weighted by atomic mass is 10.1. The standard InChI is InChI=1S/C10H9F2N3S/c1-6-2-4-7(5-3-6)8-9(16)10(11)14-15(12)13-8/h2-5,14,16H,1H3. The van der Waals surface area contributed by atoms with Gasteiger partial charge in [0, 0.05) is 5.56 Å². The van der Waals surface area contributed by atoms with E-state index in [1.54, 1.807) is 17.6 Å². The molecule has 0 amide bonds. The van der Waals surface area contributed by atoms with Crippen LogP contribution in [0.3, 0.4) is 0 Å². The fraction of sp³-hybridized carbons (Fsp3) is 0.100. The van der Waals surface area contributed by atoms with Gasteiger partial charge in [0.05, 0.1) is 4.91 Å². The molecule has 6 heteroatoms. The highest BCUT2D eigenvalue weighted by Gasteiger charge is 2.20. The van der Waals surface area contributed by atoms with Gasteiger partial charge in [-0.15, -0.1) is 17.7 Å². The van der Waals surface area contributed by atoms with Gasteiger partial charge in [-0.2, -0.15) is 4.39 Å². The SMILES string of the molecule is Cc1ccc(C2=NN(F)NC(F)=C2S)cc1. The topological polar surface area (TPSA) is 27.6 Å². The van der Waals surface area contributed by atoms with Gasteiger partial charge in [0.15, 0.2) is 0 Å². The second-order valence-electron chi connectivity index (χ2n) is 3.35. The summed E-state index contributed by atoms with van der Waals surface area (Å²) in [5.74, 6) is -0.864. The Balaban J connectivity index is 2.43. The molecule has 0 saturated heterocycles. The molecule has 1 aromatic carbocycles. The number of aryl methyl sites for hydroxylation is 1. The Morgan fingerprint density at radius 1 is 1.31 bits per heavy atom. The first-order chi connectivity index (χ1) is 7.58. The van der Waals surface area contributed by atoms with Crippen molar-refractivity contribution in [3.05, 3.63) is 46.2 Å². The molecule has 84 valence electrons. The highest BCUT2D eigenvalue weighted by Crippen LogP contribution is 2.21. The van der Waals surface area contributed by atoms with Gasteiger partial charge in [-0.05, 0) is 12.3 Å². The van der Waals surface area contributed by atoms with Crippen molar-refractivity contribution in [3.63, 3.8) is 0 Å². The molecule has 0 aromatic heterocycles. The number of hydrogen-bond acceptors (Lipinski definition) is 4. The molecule has 0 atom stereocenters. The third kappa shape index (κ3) is 2.01. The Kier molecular flexibility index (Phi) is 2.82. The van der Waals surface area contributed by atoms with Crippen molar-refractivity contribution in [1.82, 2.24) is 10.8 Å². The highest BCUT2D eigenvalue weighted by molar-refractivity contribution is 7.85. The van der Waals surface area contributed by atoms with Crippen LogP contribution in [0.25, 0.3) is 0 Å². The van der Waals surface area contributed by atoms with Crippen LogP contribution in [0.15, 0.2) is 40.2 Å². The van der Waals surface area contributed by atoms with Gasteiger partial charge in [-0.25, -0.2) is 5.43 Å². The molecule has 0 radical (unpaired) electrons. The minimum atomic E-state index is -0.864. The van der Waals surface area contributed by atoms with Gasteiger partial charge < -0.3 is 0 Å². The van der Waals surface area contributed by atoms with Crippen molar-refractivity contribution in [2.24, 2.45) is 5.10 Å². The van der Waals surface area contributed by atoms with Crippen LogP contribution in [-0.2, 0) is 0 Å². The maximum absolute atomic E-state index is 13.2. The monoisotopic (exact) mass is 241 g/mol. The second kappa shape index (κ2) is 4.13. The van der Waals surface area contributed by atoms with Gasteiger partial charge in [-0.1, -0.05) is 34.3 Å². The van der Waals surface area contributed by atoms with E-state index in [9.17, 15) is 8.87 Å². The molecule has 16 heavy (non-hydrogen) atoms. The van der Waals surface area contributed by atoms with Crippen molar-refractivity contribution >= 4 is 18.3 Å². The summed E-state index contributed by atoms with van der Waals surface area (Å²) >= 11 is 3.95. The summed E-state index contributed by atoms with van der Waals surface area (Å²) in [6.45, 7) is 1.92. The maximum Gasteiger partial charge on any atom is 0.224 e. The lowest BCUT2D eigenvalue weighted by Crippen LogP contribution is -2.31. The Morgan fingerprint density at radius 2 is 1.94 bits per heavy atom. The van der Waals surface area contributed by atoms with Crippen LogP contribution in [0, 0.1) is 6.92 Å². The van der Waals surface area contributed by atoms with Crippen LogP contribution in [0.5, 0.6) is 0 Å². The molecular weight excluding hydrogens is 232 g/mol. The van der Waals surface area contributed by atoms with Crippen LogP contribution in [0.1, 0.15) is 11.1 Å². The lowest BCUT2D eigenvalue weighted by molar-refractivity contribution is -0.0276. The number of nitrogens with zero attached hydrogens (tertiary/aromatic N) is 2. The molecule has 1 heterocycles. The average molecular weight is 241 g/mol. The number of rotatable bonds is 1. The van der Waals surface area contributed by atoms with E-state index in [2.05, 4.69) is 17.7 Å². The maximum atomic E-state index is 13.2. The van der Waals surface area contributed by atoms with Crippen LogP contribution in [0.4, 0.5) is 8.87 Å². The number of thiol groups is 1. The Labute approximate surface area is 96.8 Å². The predicted octanol–water partition coefficient (Wildman–Crippen LogP) is 2.47. The molecule has 1 aliphatic rings. The summed E-state index contributed by atoms with van der Waals surface area (Å²) in [5.41, 5.74) is 3.57. The van der Waals surface area contributed by atoms with E-state index in [-0.39, 0.29) is 16.0 Å². The molecule has 0 saturated carbocycles. The van der Waals surface area contributed by atoms with E-state index < -0.39 is 5.95 Å². The third-order valence-corrected chi connectivity index (χ3v) is 2.54. The molecule has 0 unspecified atom stereocenters. The van der Waals surface area contributed by atoms with E-state index in [1.807, 2.05) is 19.1 Å². The number of hydrazine groups is 1. The summed E-state index contributed by atoms with van der Waals surface area (Å²) in [6, 6.07) is 7.14. The number of hydrazone groups is 1. The molecule has 1 aromatic rings. The Hall–Kier alpha value is -1.56. The van der Waals surface area contributed by atoms with Crippen molar-refractivity contribution in [3.8, 4) is 0 Å². The van der Waals surface area contributed by atoms with Crippen molar-refractivity contribution in [2.75, 3.05) is 0 Å². The molecule has 0 bridgehead atoms. The van der Waals surface area contributed by atoms with Crippen molar-refractivity contribution < 1.29 is 8.87 Å². The molecule has 3 nitrogen and oxygen atoms in total. The van der Waals surface area contributed by atoms with E-state index >= 15 is 0 Å². The number of allylic oxidation sites excluding steroid dienone is 1. The molecule has 0 aliphatic carbocycles. The molecule has 0 fully saturated rings. The normalized spacial score (nSPS) is 16.0. The Morgan fingerprint density at radius 3 is 2.56 bits per heavy atom.